The molecule has 1 saturated heterocycles. The third-order valence-corrected chi connectivity index (χ3v) is 8.23. The Morgan fingerprint density at radius 1 is 1.05 bits per heavy atom. The van der Waals surface area contributed by atoms with Gasteiger partial charge in [0.2, 0.25) is 5.75 Å². The molecule has 1 aliphatic rings. The molecule has 0 aliphatic carbocycles. The number of aliphatic hydroxyl groups is 1. The highest BCUT2D eigenvalue weighted by molar-refractivity contribution is 7.87. The maximum Gasteiger partial charge on any atom is 0.422 e. The van der Waals surface area contributed by atoms with Crippen LogP contribution in [-0.2, 0) is 27.8 Å². The molecule has 1 amide bonds. The molecule has 0 saturated carbocycles. The van der Waals surface area contributed by atoms with E-state index in [0.29, 0.717) is 29.2 Å². The van der Waals surface area contributed by atoms with E-state index in [1.54, 1.807) is 45.0 Å². The zero-order valence-corrected chi connectivity index (χ0v) is 25.9. The quantitative estimate of drug-likeness (QED) is 0.344. The standard InChI is InChI=1S/C29H36ClN5O7S/c1-29(2,3)42-28(38)32-43(39,40)34-14-12-33(13-15-34)25-20-31-35(24-9-5-8-23(30)19-24)27(37)26(25)41-17-11-22-7-4-6-21(18-22)10-16-36/h4-9,18-20,36H,10-17H2,1-3H3,(H,32,38). The third kappa shape index (κ3) is 8.69. The van der Waals surface area contributed by atoms with E-state index in [1.165, 1.54) is 10.9 Å². The van der Waals surface area contributed by atoms with Crippen molar-refractivity contribution in [3.05, 3.63) is 81.2 Å². The first-order valence-electron chi connectivity index (χ1n) is 13.8. The van der Waals surface area contributed by atoms with E-state index in [2.05, 4.69) is 5.10 Å². The van der Waals surface area contributed by atoms with Gasteiger partial charge in [-0.1, -0.05) is 41.9 Å². The number of aromatic nitrogens is 2. The van der Waals surface area contributed by atoms with Crippen LogP contribution < -0.4 is 19.9 Å². The molecule has 0 bridgehead atoms. The fourth-order valence-corrected chi connectivity index (χ4v) is 5.77. The lowest BCUT2D eigenvalue weighted by Crippen LogP contribution is -2.53. The van der Waals surface area contributed by atoms with Gasteiger partial charge in [-0.05, 0) is 56.5 Å². The number of nitrogens with one attached hydrogen (secondary N) is 1. The van der Waals surface area contributed by atoms with Crippen molar-refractivity contribution in [3.63, 3.8) is 0 Å². The summed E-state index contributed by atoms with van der Waals surface area (Å²) < 4.78 is 41.1. The number of anilines is 1. The molecule has 1 aromatic heterocycles. The van der Waals surface area contributed by atoms with E-state index in [4.69, 9.17) is 21.1 Å². The second kappa shape index (κ2) is 13.8. The van der Waals surface area contributed by atoms with Crippen LogP contribution in [0.2, 0.25) is 5.02 Å². The molecular formula is C29H36ClN5O7S. The Labute approximate surface area is 256 Å². The third-order valence-electron chi connectivity index (χ3n) is 6.53. The molecular weight excluding hydrogens is 598 g/mol. The number of benzene rings is 2. The summed E-state index contributed by atoms with van der Waals surface area (Å²) >= 11 is 6.15. The normalized spacial score (nSPS) is 14.4. The van der Waals surface area contributed by atoms with Crippen molar-refractivity contribution in [2.45, 2.75) is 39.2 Å². The van der Waals surface area contributed by atoms with Crippen molar-refractivity contribution >= 4 is 33.6 Å². The van der Waals surface area contributed by atoms with Gasteiger partial charge in [0.1, 0.15) is 11.3 Å². The SMILES string of the molecule is CC(C)(C)OC(=O)NS(=O)(=O)N1CCN(c2cnn(-c3cccc(Cl)c3)c(=O)c2OCCc2cccc(CCO)c2)CC1. The Balaban J connectivity index is 1.54. The lowest BCUT2D eigenvalue weighted by atomic mass is 10.1. The summed E-state index contributed by atoms with van der Waals surface area (Å²) in [6, 6.07) is 14.5. The topological polar surface area (TPSA) is 143 Å². The highest BCUT2D eigenvalue weighted by atomic mass is 35.5. The summed E-state index contributed by atoms with van der Waals surface area (Å²) in [6.07, 6.45) is 1.52. The van der Waals surface area contributed by atoms with Crippen molar-refractivity contribution in [3.8, 4) is 11.4 Å². The van der Waals surface area contributed by atoms with Crippen LogP contribution in [0.4, 0.5) is 10.5 Å². The van der Waals surface area contributed by atoms with Gasteiger partial charge in [0, 0.05) is 44.2 Å². The van der Waals surface area contributed by atoms with Crippen molar-refractivity contribution in [2.75, 3.05) is 44.3 Å². The number of carbonyl (C=O) groups is 1. The van der Waals surface area contributed by atoms with Crippen molar-refractivity contribution in [1.82, 2.24) is 18.8 Å². The minimum absolute atomic E-state index is 0.0482. The predicted octanol–water partition coefficient (Wildman–Crippen LogP) is 2.93. The van der Waals surface area contributed by atoms with Gasteiger partial charge in [-0.3, -0.25) is 4.79 Å². The molecule has 0 spiro atoms. The maximum absolute atomic E-state index is 13.7. The van der Waals surface area contributed by atoms with Crippen molar-refractivity contribution < 1.29 is 27.8 Å². The average Bonchev–Trinajstić information content (AvgIpc) is 2.93. The number of aliphatic hydroxyl groups excluding tert-OH is 1. The second-order valence-corrected chi connectivity index (χ2v) is 13.0. The molecule has 3 aromatic rings. The van der Waals surface area contributed by atoms with Crippen LogP contribution in [0.15, 0.2) is 59.5 Å². The molecule has 0 radical (unpaired) electrons. The number of halogens is 1. The monoisotopic (exact) mass is 633 g/mol. The fraction of sp³-hybridized carbons (Fsp3) is 0.414. The lowest BCUT2D eigenvalue weighted by Gasteiger charge is -2.35. The summed E-state index contributed by atoms with van der Waals surface area (Å²) in [7, 11) is -4.14. The Hall–Kier alpha value is -3.65. The number of nitrogens with zero attached hydrogens (tertiary/aromatic N) is 4. The number of ether oxygens (including phenoxy) is 2. The molecule has 232 valence electrons. The lowest BCUT2D eigenvalue weighted by molar-refractivity contribution is 0.0567. The molecule has 1 aliphatic heterocycles. The fourth-order valence-electron chi connectivity index (χ4n) is 4.56. The summed E-state index contributed by atoms with van der Waals surface area (Å²) in [6.45, 7) is 5.70. The number of rotatable bonds is 10. The van der Waals surface area contributed by atoms with E-state index < -0.39 is 27.5 Å². The van der Waals surface area contributed by atoms with Crippen LogP contribution in [0.3, 0.4) is 0 Å². The zero-order valence-electron chi connectivity index (χ0n) is 24.3. The van der Waals surface area contributed by atoms with Gasteiger partial charge < -0.3 is 19.5 Å². The first-order chi connectivity index (χ1) is 20.4. The first kappa shape index (κ1) is 32.3. The van der Waals surface area contributed by atoms with Crippen molar-refractivity contribution in [2.24, 2.45) is 0 Å². The van der Waals surface area contributed by atoms with E-state index in [0.717, 1.165) is 15.4 Å². The van der Waals surface area contributed by atoms with Crippen molar-refractivity contribution in [1.29, 1.82) is 0 Å². The Kier molecular flexibility index (Phi) is 10.3. The molecule has 2 aromatic carbocycles. The molecule has 14 heteroatoms. The number of hydrogen-bond acceptors (Lipinski definition) is 9. The molecule has 0 unspecified atom stereocenters. The minimum Gasteiger partial charge on any atom is -0.486 e. The Bertz CT molecular complexity index is 1600. The zero-order chi connectivity index (χ0) is 31.2. The summed E-state index contributed by atoms with van der Waals surface area (Å²) in [5, 5.41) is 14.1. The van der Waals surface area contributed by atoms with Gasteiger partial charge in [-0.2, -0.15) is 22.5 Å². The maximum atomic E-state index is 13.7. The summed E-state index contributed by atoms with van der Waals surface area (Å²) in [4.78, 5) is 27.6. The molecule has 0 atom stereocenters. The highest BCUT2D eigenvalue weighted by Crippen LogP contribution is 2.26. The van der Waals surface area contributed by atoms with Crippen LogP contribution in [0.5, 0.6) is 5.75 Å². The molecule has 12 nitrogen and oxygen atoms in total. The second-order valence-electron chi connectivity index (χ2n) is 10.9. The average molecular weight is 634 g/mol. The molecule has 1 fully saturated rings. The van der Waals surface area contributed by atoms with Gasteiger partial charge >= 0.3 is 21.9 Å². The van der Waals surface area contributed by atoms with Crippen LogP contribution in [0, 0.1) is 0 Å². The van der Waals surface area contributed by atoms with Crippen LogP contribution in [0.25, 0.3) is 5.69 Å². The van der Waals surface area contributed by atoms with E-state index in [1.807, 2.05) is 33.9 Å². The van der Waals surface area contributed by atoms with E-state index in [-0.39, 0.29) is 45.1 Å². The smallest absolute Gasteiger partial charge is 0.422 e. The van der Waals surface area contributed by atoms with Gasteiger partial charge in [-0.15, -0.1) is 0 Å². The largest absolute Gasteiger partial charge is 0.486 e. The summed E-state index contributed by atoms with van der Waals surface area (Å²) in [5.41, 5.74) is 1.55. The molecule has 43 heavy (non-hydrogen) atoms. The Morgan fingerprint density at radius 2 is 1.72 bits per heavy atom. The number of amides is 1. The van der Waals surface area contributed by atoms with Crippen LogP contribution in [0.1, 0.15) is 31.9 Å². The molecule has 2 heterocycles. The van der Waals surface area contributed by atoms with Crippen LogP contribution in [-0.4, -0.2) is 78.7 Å². The highest BCUT2D eigenvalue weighted by Gasteiger charge is 2.31. The number of piperazine rings is 1. The molecule has 2 N–H and O–H groups in total. The van der Waals surface area contributed by atoms with E-state index in [9.17, 15) is 23.1 Å². The van der Waals surface area contributed by atoms with Gasteiger partial charge in [0.15, 0.2) is 0 Å². The minimum atomic E-state index is -4.14. The van der Waals surface area contributed by atoms with Crippen LogP contribution >= 0.6 is 11.6 Å². The first-order valence-corrected chi connectivity index (χ1v) is 15.6. The number of carbonyl (C=O) groups excluding carboxylic acids is 1. The number of hydrogen-bond donors (Lipinski definition) is 2. The Morgan fingerprint density at radius 3 is 2.37 bits per heavy atom. The van der Waals surface area contributed by atoms with Gasteiger partial charge in [0.05, 0.1) is 18.5 Å². The predicted molar refractivity (Wildman–Crippen MR) is 163 cm³/mol. The summed E-state index contributed by atoms with van der Waals surface area (Å²) in [5.74, 6) is 0.0738. The van der Waals surface area contributed by atoms with Gasteiger partial charge in [0.25, 0.3) is 0 Å². The molecule has 4 rings (SSSR count). The van der Waals surface area contributed by atoms with Gasteiger partial charge in [-0.25, -0.2) is 9.52 Å². The van der Waals surface area contributed by atoms with E-state index >= 15 is 0 Å².